The monoisotopic (exact) mass is 304 g/mol. The van der Waals surface area contributed by atoms with Gasteiger partial charge >= 0.3 is 6.03 Å². The van der Waals surface area contributed by atoms with Crippen molar-refractivity contribution in [2.45, 2.75) is 26.0 Å². The van der Waals surface area contributed by atoms with Crippen molar-refractivity contribution in [2.75, 3.05) is 6.54 Å². The zero-order valence-corrected chi connectivity index (χ0v) is 13.0. The Bertz CT molecular complexity index is 593. The lowest BCUT2D eigenvalue weighted by Crippen LogP contribution is -2.43. The minimum atomic E-state index is -1.09. The molecule has 4 nitrogen and oxygen atoms in total. The first kappa shape index (κ1) is 15.5. The van der Waals surface area contributed by atoms with Crippen LogP contribution in [0.1, 0.15) is 22.2 Å². The zero-order chi connectivity index (χ0) is 15.3. The van der Waals surface area contributed by atoms with Crippen LogP contribution in [0.25, 0.3) is 0 Å². The van der Waals surface area contributed by atoms with Gasteiger partial charge in [-0.15, -0.1) is 11.3 Å². The normalized spacial score (nSPS) is 13.5. The molecule has 1 atom stereocenters. The van der Waals surface area contributed by atoms with Gasteiger partial charge in [0.15, 0.2) is 0 Å². The summed E-state index contributed by atoms with van der Waals surface area (Å²) in [7, 11) is 0. The van der Waals surface area contributed by atoms with Crippen molar-refractivity contribution in [3.05, 3.63) is 57.8 Å². The van der Waals surface area contributed by atoms with Crippen LogP contribution in [0.3, 0.4) is 0 Å². The van der Waals surface area contributed by atoms with Gasteiger partial charge in [0, 0.05) is 9.75 Å². The first-order chi connectivity index (χ1) is 9.97. The third-order valence-corrected chi connectivity index (χ3v) is 4.21. The van der Waals surface area contributed by atoms with Crippen molar-refractivity contribution in [1.82, 2.24) is 10.6 Å². The van der Waals surface area contributed by atoms with Gasteiger partial charge in [-0.1, -0.05) is 30.3 Å². The third kappa shape index (κ3) is 4.58. The highest BCUT2D eigenvalue weighted by Crippen LogP contribution is 2.19. The lowest BCUT2D eigenvalue weighted by molar-refractivity contribution is 0.0594. The van der Waals surface area contributed by atoms with Crippen LogP contribution in [0, 0.1) is 6.92 Å². The number of thiophene rings is 1. The van der Waals surface area contributed by atoms with E-state index >= 15 is 0 Å². The Morgan fingerprint density at radius 2 is 1.90 bits per heavy atom. The number of rotatable bonds is 5. The molecule has 112 valence electrons. The van der Waals surface area contributed by atoms with E-state index < -0.39 is 5.60 Å². The molecule has 3 N–H and O–H groups in total. The number of hydrogen-bond donors (Lipinski definition) is 3. The predicted octanol–water partition coefficient (Wildman–Crippen LogP) is 2.76. The van der Waals surface area contributed by atoms with E-state index in [9.17, 15) is 9.90 Å². The number of amides is 2. The molecule has 1 aromatic heterocycles. The van der Waals surface area contributed by atoms with Gasteiger partial charge in [-0.3, -0.25) is 0 Å². The van der Waals surface area contributed by atoms with Crippen LogP contribution in [0.2, 0.25) is 0 Å². The van der Waals surface area contributed by atoms with Crippen molar-refractivity contribution in [2.24, 2.45) is 0 Å². The maximum absolute atomic E-state index is 11.8. The molecule has 0 fully saturated rings. The number of nitrogens with one attached hydrogen (secondary N) is 2. The maximum atomic E-state index is 11.8. The van der Waals surface area contributed by atoms with E-state index in [0.29, 0.717) is 6.54 Å². The van der Waals surface area contributed by atoms with Crippen LogP contribution >= 0.6 is 11.3 Å². The lowest BCUT2D eigenvalue weighted by atomic mass is 9.96. The molecule has 0 aliphatic carbocycles. The van der Waals surface area contributed by atoms with Gasteiger partial charge in [0.05, 0.1) is 13.1 Å². The number of urea groups is 1. The van der Waals surface area contributed by atoms with E-state index in [1.807, 2.05) is 49.4 Å². The van der Waals surface area contributed by atoms with Gasteiger partial charge in [-0.2, -0.15) is 0 Å². The molecule has 21 heavy (non-hydrogen) atoms. The van der Waals surface area contributed by atoms with Gasteiger partial charge in [0.2, 0.25) is 0 Å². The highest BCUT2D eigenvalue weighted by molar-refractivity contribution is 7.11. The summed E-state index contributed by atoms with van der Waals surface area (Å²) in [4.78, 5) is 14.1. The SMILES string of the molecule is Cc1ccc(CNC(=O)NC[C@](C)(O)c2ccccc2)s1. The fourth-order valence-electron chi connectivity index (χ4n) is 1.96. The summed E-state index contributed by atoms with van der Waals surface area (Å²) < 4.78 is 0. The predicted molar refractivity (Wildman–Crippen MR) is 85.3 cm³/mol. The van der Waals surface area contributed by atoms with Crippen molar-refractivity contribution in [3.63, 3.8) is 0 Å². The molecule has 0 radical (unpaired) electrons. The third-order valence-electron chi connectivity index (χ3n) is 3.21. The molecule has 2 amide bonds. The summed E-state index contributed by atoms with van der Waals surface area (Å²) in [6.07, 6.45) is 0. The molecule has 5 heteroatoms. The minimum Gasteiger partial charge on any atom is -0.384 e. The van der Waals surface area contributed by atoms with E-state index in [1.165, 1.54) is 4.88 Å². The molecular weight excluding hydrogens is 284 g/mol. The largest absolute Gasteiger partial charge is 0.384 e. The smallest absolute Gasteiger partial charge is 0.315 e. The fourth-order valence-corrected chi connectivity index (χ4v) is 2.79. The number of carbonyl (C=O) groups is 1. The molecule has 2 rings (SSSR count). The Morgan fingerprint density at radius 1 is 1.19 bits per heavy atom. The van der Waals surface area contributed by atoms with Crippen molar-refractivity contribution in [3.8, 4) is 0 Å². The Kier molecular flexibility index (Phi) is 4.98. The van der Waals surface area contributed by atoms with Crippen molar-refractivity contribution in [1.29, 1.82) is 0 Å². The quantitative estimate of drug-likeness (QED) is 0.795. The topological polar surface area (TPSA) is 61.4 Å². The molecular formula is C16H20N2O2S. The summed E-state index contributed by atoms with van der Waals surface area (Å²) in [6.45, 7) is 4.38. The Balaban J connectivity index is 1.80. The van der Waals surface area contributed by atoms with Gasteiger partial charge in [0.1, 0.15) is 5.60 Å². The van der Waals surface area contributed by atoms with E-state index in [1.54, 1.807) is 18.3 Å². The van der Waals surface area contributed by atoms with Crippen LogP contribution in [0.4, 0.5) is 4.79 Å². The second-order valence-electron chi connectivity index (χ2n) is 5.19. The van der Waals surface area contributed by atoms with E-state index in [-0.39, 0.29) is 12.6 Å². The summed E-state index contributed by atoms with van der Waals surface area (Å²) in [5, 5.41) is 15.9. The molecule has 0 aliphatic rings. The Labute approximate surface area is 128 Å². The highest BCUT2D eigenvalue weighted by Gasteiger charge is 2.23. The highest BCUT2D eigenvalue weighted by atomic mass is 32.1. The van der Waals surface area contributed by atoms with Crippen molar-refractivity contribution < 1.29 is 9.90 Å². The minimum absolute atomic E-state index is 0.159. The standard InChI is InChI=1S/C16H20N2O2S/c1-12-8-9-14(21-12)10-17-15(19)18-11-16(2,20)13-6-4-3-5-7-13/h3-9,20H,10-11H2,1-2H3,(H2,17,18,19)/t16-/m0/s1. The second-order valence-corrected chi connectivity index (χ2v) is 6.56. The van der Waals surface area contributed by atoms with Crippen LogP contribution < -0.4 is 10.6 Å². The van der Waals surface area contributed by atoms with Crippen LogP contribution in [0.15, 0.2) is 42.5 Å². The van der Waals surface area contributed by atoms with Gasteiger partial charge in [0.25, 0.3) is 0 Å². The van der Waals surface area contributed by atoms with Gasteiger partial charge < -0.3 is 15.7 Å². The van der Waals surface area contributed by atoms with Gasteiger partial charge in [-0.05, 0) is 31.5 Å². The molecule has 0 spiro atoms. The average molecular weight is 304 g/mol. The average Bonchev–Trinajstić information content (AvgIpc) is 2.90. The summed E-state index contributed by atoms with van der Waals surface area (Å²) >= 11 is 1.66. The number of aliphatic hydroxyl groups is 1. The summed E-state index contributed by atoms with van der Waals surface area (Å²) in [5.74, 6) is 0. The first-order valence-corrected chi connectivity index (χ1v) is 7.64. The Morgan fingerprint density at radius 3 is 2.52 bits per heavy atom. The molecule has 0 unspecified atom stereocenters. The number of hydrogen-bond acceptors (Lipinski definition) is 3. The molecule has 0 bridgehead atoms. The van der Waals surface area contributed by atoms with Crippen LogP contribution in [-0.4, -0.2) is 17.7 Å². The van der Waals surface area contributed by atoms with Crippen molar-refractivity contribution >= 4 is 17.4 Å². The molecule has 1 heterocycles. The van der Waals surface area contributed by atoms with E-state index in [2.05, 4.69) is 10.6 Å². The number of aryl methyl sites for hydroxylation is 1. The molecule has 0 aliphatic heterocycles. The number of benzene rings is 1. The lowest BCUT2D eigenvalue weighted by Gasteiger charge is -2.24. The summed E-state index contributed by atoms with van der Waals surface area (Å²) in [6, 6.07) is 13.0. The number of carbonyl (C=O) groups excluding carboxylic acids is 1. The zero-order valence-electron chi connectivity index (χ0n) is 12.2. The fraction of sp³-hybridized carbons (Fsp3) is 0.312. The summed E-state index contributed by atoms with van der Waals surface area (Å²) in [5.41, 5.74) is -0.308. The molecule has 0 saturated carbocycles. The molecule has 1 aromatic carbocycles. The Hall–Kier alpha value is -1.85. The second kappa shape index (κ2) is 6.74. The van der Waals surface area contributed by atoms with E-state index in [0.717, 1.165) is 10.4 Å². The van der Waals surface area contributed by atoms with Crippen LogP contribution in [-0.2, 0) is 12.1 Å². The van der Waals surface area contributed by atoms with E-state index in [4.69, 9.17) is 0 Å². The maximum Gasteiger partial charge on any atom is 0.315 e. The first-order valence-electron chi connectivity index (χ1n) is 6.82. The molecule has 2 aromatic rings. The molecule has 0 saturated heterocycles. The van der Waals surface area contributed by atoms with Crippen LogP contribution in [0.5, 0.6) is 0 Å². The van der Waals surface area contributed by atoms with Gasteiger partial charge in [-0.25, -0.2) is 4.79 Å².